The van der Waals surface area contributed by atoms with Gasteiger partial charge in [0, 0.05) is 17.3 Å². The van der Waals surface area contributed by atoms with Crippen molar-refractivity contribution >= 4 is 5.97 Å². The second-order valence-electron chi connectivity index (χ2n) is 9.54. The SMILES string of the molecule is Cc1ccn(-c2ccc(C(F)(F)F)c(C(OC(C)(C)C)C(=O)O)c2-c2ccc3c(c2)CCCO3)n1. The fourth-order valence-corrected chi connectivity index (χ4v) is 4.27. The average Bonchev–Trinajstić information content (AvgIpc) is 3.21. The maximum atomic E-state index is 14.3. The number of ether oxygens (including phenoxy) is 2. The monoisotopic (exact) mass is 488 g/mol. The summed E-state index contributed by atoms with van der Waals surface area (Å²) >= 11 is 0. The largest absolute Gasteiger partial charge is 0.493 e. The molecule has 1 aromatic heterocycles. The number of aliphatic carboxylic acids is 1. The van der Waals surface area contributed by atoms with Gasteiger partial charge in [0.2, 0.25) is 0 Å². The Morgan fingerprint density at radius 2 is 1.91 bits per heavy atom. The van der Waals surface area contributed by atoms with Gasteiger partial charge in [-0.05, 0) is 82.0 Å². The fourth-order valence-electron chi connectivity index (χ4n) is 4.27. The van der Waals surface area contributed by atoms with Crippen molar-refractivity contribution in [3.05, 3.63) is 65.0 Å². The first-order chi connectivity index (χ1) is 16.3. The number of hydrogen-bond acceptors (Lipinski definition) is 4. The zero-order valence-corrected chi connectivity index (χ0v) is 19.9. The van der Waals surface area contributed by atoms with Gasteiger partial charge in [-0.25, -0.2) is 9.48 Å². The second-order valence-corrected chi connectivity index (χ2v) is 9.54. The highest BCUT2D eigenvalue weighted by Crippen LogP contribution is 2.45. The van der Waals surface area contributed by atoms with E-state index in [1.165, 1.54) is 10.7 Å². The lowest BCUT2D eigenvalue weighted by Crippen LogP contribution is -2.30. The van der Waals surface area contributed by atoms with Gasteiger partial charge in [0.15, 0.2) is 6.10 Å². The van der Waals surface area contributed by atoms with Crippen LogP contribution in [0.5, 0.6) is 5.75 Å². The molecule has 35 heavy (non-hydrogen) atoms. The predicted octanol–water partition coefficient (Wildman–Crippen LogP) is 6.13. The second kappa shape index (κ2) is 9.03. The highest BCUT2D eigenvalue weighted by atomic mass is 19.4. The Morgan fingerprint density at radius 3 is 2.51 bits per heavy atom. The Balaban J connectivity index is 2.09. The van der Waals surface area contributed by atoms with Gasteiger partial charge in [0.25, 0.3) is 0 Å². The van der Waals surface area contributed by atoms with E-state index in [1.807, 2.05) is 0 Å². The average molecular weight is 489 g/mol. The van der Waals surface area contributed by atoms with Crippen molar-refractivity contribution in [3.8, 4) is 22.6 Å². The number of nitrogens with zero attached hydrogens (tertiary/aromatic N) is 2. The van der Waals surface area contributed by atoms with E-state index in [1.54, 1.807) is 58.2 Å². The molecule has 0 bridgehead atoms. The predicted molar refractivity (Wildman–Crippen MR) is 124 cm³/mol. The first kappa shape index (κ1) is 24.8. The van der Waals surface area contributed by atoms with Crippen LogP contribution >= 0.6 is 0 Å². The summed E-state index contributed by atoms with van der Waals surface area (Å²) in [7, 11) is 0. The molecule has 4 rings (SSSR count). The summed E-state index contributed by atoms with van der Waals surface area (Å²) in [6.07, 6.45) is -3.57. The van der Waals surface area contributed by atoms with Crippen molar-refractivity contribution in [2.75, 3.05) is 6.61 Å². The molecule has 1 aliphatic rings. The van der Waals surface area contributed by atoms with Crippen LogP contribution in [0.3, 0.4) is 0 Å². The minimum absolute atomic E-state index is 0.105. The van der Waals surface area contributed by atoms with Gasteiger partial charge in [-0.1, -0.05) is 6.07 Å². The summed E-state index contributed by atoms with van der Waals surface area (Å²) in [6, 6.07) is 9.07. The lowest BCUT2D eigenvalue weighted by molar-refractivity contribution is -0.163. The topological polar surface area (TPSA) is 73.6 Å². The molecule has 0 amide bonds. The minimum Gasteiger partial charge on any atom is -0.493 e. The number of carboxylic acid groups (broad SMARTS) is 1. The Kier molecular flexibility index (Phi) is 6.40. The standard InChI is InChI=1S/C26H27F3N2O4/c1-15-11-12-31(30-15)19-9-8-18(26(27,28)29)22(23(24(32)33)35-25(2,3)4)21(19)17-7-10-20-16(14-17)6-5-13-34-20/h7-12,14,23H,5-6,13H2,1-4H3,(H,32,33). The molecule has 6 nitrogen and oxygen atoms in total. The van der Waals surface area contributed by atoms with Gasteiger partial charge < -0.3 is 14.6 Å². The number of benzene rings is 2. The van der Waals surface area contributed by atoms with Gasteiger partial charge >= 0.3 is 12.1 Å². The van der Waals surface area contributed by atoms with Crippen LogP contribution in [-0.2, 0) is 22.1 Å². The van der Waals surface area contributed by atoms with E-state index in [-0.39, 0.29) is 5.56 Å². The molecule has 0 fully saturated rings. The van der Waals surface area contributed by atoms with Crippen LogP contribution in [0.4, 0.5) is 13.2 Å². The van der Waals surface area contributed by atoms with Gasteiger partial charge in [0.05, 0.1) is 29.2 Å². The Hall–Kier alpha value is -3.33. The van der Waals surface area contributed by atoms with E-state index in [0.717, 1.165) is 18.1 Å². The number of aromatic nitrogens is 2. The summed E-state index contributed by atoms with van der Waals surface area (Å²) in [5.41, 5.74) is -0.171. The van der Waals surface area contributed by atoms with Gasteiger partial charge in [-0.2, -0.15) is 18.3 Å². The van der Waals surface area contributed by atoms with Gasteiger partial charge in [0.1, 0.15) is 5.75 Å². The molecule has 0 spiro atoms. The number of rotatable bonds is 5. The van der Waals surface area contributed by atoms with Crippen LogP contribution in [0.25, 0.3) is 16.8 Å². The minimum atomic E-state index is -4.81. The summed E-state index contributed by atoms with van der Waals surface area (Å²) < 4.78 is 55.8. The number of carbonyl (C=O) groups is 1. The molecule has 2 aromatic carbocycles. The quantitative estimate of drug-likeness (QED) is 0.468. The molecule has 0 aliphatic carbocycles. The van der Waals surface area contributed by atoms with E-state index >= 15 is 0 Å². The summed E-state index contributed by atoms with van der Waals surface area (Å²) in [5, 5.41) is 14.5. The molecule has 1 unspecified atom stereocenters. The van der Waals surface area contributed by atoms with E-state index in [0.29, 0.717) is 35.7 Å². The molecule has 3 aromatic rings. The van der Waals surface area contributed by atoms with E-state index < -0.39 is 35.0 Å². The van der Waals surface area contributed by atoms with Crippen molar-refractivity contribution in [3.63, 3.8) is 0 Å². The molecule has 1 aliphatic heterocycles. The van der Waals surface area contributed by atoms with Crippen LogP contribution in [0.2, 0.25) is 0 Å². The van der Waals surface area contributed by atoms with Crippen LogP contribution in [0.15, 0.2) is 42.6 Å². The number of alkyl halides is 3. The highest BCUT2D eigenvalue weighted by Gasteiger charge is 2.41. The zero-order chi connectivity index (χ0) is 25.5. The number of aryl methyl sites for hydroxylation is 2. The summed E-state index contributed by atoms with van der Waals surface area (Å²) in [6.45, 7) is 7.14. The number of halogens is 3. The lowest BCUT2D eigenvalue weighted by atomic mass is 9.88. The van der Waals surface area contributed by atoms with Crippen molar-refractivity contribution in [2.45, 2.75) is 58.4 Å². The Bertz CT molecular complexity index is 1260. The van der Waals surface area contributed by atoms with E-state index in [9.17, 15) is 23.1 Å². The van der Waals surface area contributed by atoms with Crippen molar-refractivity contribution < 1.29 is 32.5 Å². The maximum Gasteiger partial charge on any atom is 0.416 e. The molecule has 9 heteroatoms. The third-order valence-corrected chi connectivity index (χ3v) is 5.65. The lowest BCUT2D eigenvalue weighted by Gasteiger charge is -2.30. The Labute approximate surface area is 201 Å². The van der Waals surface area contributed by atoms with E-state index in [2.05, 4.69) is 5.10 Å². The third-order valence-electron chi connectivity index (χ3n) is 5.65. The molecule has 0 saturated carbocycles. The highest BCUT2D eigenvalue weighted by molar-refractivity contribution is 5.85. The molecule has 1 N–H and O–H groups in total. The fraction of sp³-hybridized carbons (Fsp3) is 0.385. The normalized spacial score (nSPS) is 14.8. The first-order valence-electron chi connectivity index (χ1n) is 11.3. The number of hydrogen-bond donors (Lipinski definition) is 1. The molecule has 1 atom stereocenters. The van der Waals surface area contributed by atoms with Crippen molar-refractivity contribution in [2.24, 2.45) is 0 Å². The third kappa shape index (κ3) is 5.19. The molecular weight excluding hydrogens is 461 g/mol. The maximum absolute atomic E-state index is 14.3. The zero-order valence-electron chi connectivity index (χ0n) is 19.9. The van der Waals surface area contributed by atoms with Gasteiger partial charge in [-0.15, -0.1) is 0 Å². The van der Waals surface area contributed by atoms with Crippen molar-refractivity contribution in [1.82, 2.24) is 9.78 Å². The molecular formula is C26H27F3N2O4. The smallest absolute Gasteiger partial charge is 0.416 e. The molecule has 2 heterocycles. The van der Waals surface area contributed by atoms with Crippen LogP contribution in [0, 0.1) is 6.92 Å². The van der Waals surface area contributed by atoms with Gasteiger partial charge in [-0.3, -0.25) is 0 Å². The Morgan fingerprint density at radius 1 is 1.17 bits per heavy atom. The van der Waals surface area contributed by atoms with Crippen LogP contribution in [0.1, 0.15) is 55.7 Å². The number of fused-ring (bicyclic) bond motifs is 1. The van der Waals surface area contributed by atoms with Crippen LogP contribution in [-0.4, -0.2) is 33.1 Å². The summed E-state index contributed by atoms with van der Waals surface area (Å²) in [5.74, 6) is -0.840. The van der Waals surface area contributed by atoms with Crippen LogP contribution < -0.4 is 4.74 Å². The number of carboxylic acids is 1. The summed E-state index contributed by atoms with van der Waals surface area (Å²) in [4.78, 5) is 12.4. The molecule has 186 valence electrons. The van der Waals surface area contributed by atoms with Crippen molar-refractivity contribution in [1.29, 1.82) is 0 Å². The van der Waals surface area contributed by atoms with E-state index in [4.69, 9.17) is 9.47 Å². The first-order valence-corrected chi connectivity index (χ1v) is 11.3. The molecule has 0 radical (unpaired) electrons. The molecule has 0 saturated heterocycles.